The van der Waals surface area contributed by atoms with E-state index in [1.807, 2.05) is 0 Å². The molecule has 0 aromatic heterocycles. The quantitative estimate of drug-likeness (QED) is 0.217. The number of hydrogen-bond donors (Lipinski definition) is 0. The number of rotatable bonds is 13. The highest BCUT2D eigenvalue weighted by atomic mass is 16.6. The number of hydrogen-bond acceptors (Lipinski definition) is 9. The summed E-state index contributed by atoms with van der Waals surface area (Å²) in [6, 6.07) is 20.1. The number of carbonyl (C=O) groups is 3. The van der Waals surface area contributed by atoms with Gasteiger partial charge < -0.3 is 28.4 Å². The largest absolute Gasteiger partial charge is 0.496 e. The molecule has 39 heavy (non-hydrogen) atoms. The van der Waals surface area contributed by atoms with E-state index in [2.05, 4.69) is 0 Å². The van der Waals surface area contributed by atoms with E-state index in [9.17, 15) is 14.4 Å². The Balaban J connectivity index is 1.71. The molecule has 0 saturated heterocycles. The molecule has 206 valence electrons. The minimum Gasteiger partial charge on any atom is -0.496 e. The predicted octanol–water partition coefficient (Wildman–Crippen LogP) is 5.12. The maximum Gasteiger partial charge on any atom is 0.342 e. The van der Waals surface area contributed by atoms with Crippen molar-refractivity contribution < 1.29 is 42.8 Å². The third-order valence-corrected chi connectivity index (χ3v) is 6.05. The lowest BCUT2D eigenvalue weighted by molar-refractivity contribution is -0.0360. The van der Waals surface area contributed by atoms with Crippen LogP contribution in [0.1, 0.15) is 50.8 Å². The molecule has 0 N–H and O–H groups in total. The van der Waals surface area contributed by atoms with Gasteiger partial charge in [-0.3, -0.25) is 0 Å². The summed E-state index contributed by atoms with van der Waals surface area (Å²) in [6.07, 6.45) is 0.280. The smallest absolute Gasteiger partial charge is 0.342 e. The molecule has 0 atom stereocenters. The van der Waals surface area contributed by atoms with Crippen LogP contribution in [-0.4, -0.2) is 58.1 Å². The van der Waals surface area contributed by atoms with Crippen LogP contribution in [0.5, 0.6) is 17.2 Å². The lowest BCUT2D eigenvalue weighted by Crippen LogP contribution is -2.35. The number of esters is 3. The molecule has 9 heteroatoms. The average Bonchev–Trinajstić information content (AvgIpc) is 2.96. The first-order valence-corrected chi connectivity index (χ1v) is 12.3. The van der Waals surface area contributed by atoms with Crippen LogP contribution in [0.15, 0.2) is 72.8 Å². The summed E-state index contributed by atoms with van der Waals surface area (Å²) in [4.78, 5) is 38.4. The SMILES string of the molecule is COc1ccccc1C(=O)OCCC(C)(CCOC(=O)c1ccccc1OC)OC(=O)c1ccccc1OC. The molecule has 3 aromatic carbocycles. The second-order valence-corrected chi connectivity index (χ2v) is 8.71. The first kappa shape index (κ1) is 29.0. The third kappa shape index (κ3) is 7.73. The Bertz CT molecular complexity index is 1220. The van der Waals surface area contributed by atoms with Crippen LogP contribution in [-0.2, 0) is 14.2 Å². The van der Waals surface area contributed by atoms with Crippen molar-refractivity contribution in [2.75, 3.05) is 34.5 Å². The highest BCUT2D eigenvalue weighted by molar-refractivity contribution is 5.93. The average molecular weight is 537 g/mol. The minimum atomic E-state index is -1.15. The molecular formula is C30H32O9. The molecule has 3 rings (SSSR count). The Hall–Kier alpha value is -4.53. The Morgan fingerprint density at radius 3 is 1.26 bits per heavy atom. The summed E-state index contributed by atoms with van der Waals surface area (Å²) in [5, 5.41) is 0. The van der Waals surface area contributed by atoms with Gasteiger partial charge in [0, 0.05) is 12.8 Å². The number of methoxy groups -OCH3 is 3. The number of carbonyl (C=O) groups excluding carboxylic acids is 3. The van der Waals surface area contributed by atoms with Crippen LogP contribution in [0, 0.1) is 0 Å². The van der Waals surface area contributed by atoms with Gasteiger partial charge in [-0.1, -0.05) is 36.4 Å². The van der Waals surface area contributed by atoms with Crippen molar-refractivity contribution in [1.29, 1.82) is 0 Å². The van der Waals surface area contributed by atoms with E-state index in [0.717, 1.165) is 0 Å². The van der Waals surface area contributed by atoms with E-state index in [1.165, 1.54) is 21.3 Å². The third-order valence-electron chi connectivity index (χ3n) is 6.05. The van der Waals surface area contributed by atoms with Crippen LogP contribution in [0.4, 0.5) is 0 Å². The van der Waals surface area contributed by atoms with Gasteiger partial charge in [0.05, 0.1) is 34.5 Å². The van der Waals surface area contributed by atoms with E-state index in [-0.39, 0.29) is 42.7 Å². The summed E-state index contributed by atoms with van der Waals surface area (Å²) < 4.78 is 32.6. The van der Waals surface area contributed by atoms with Crippen molar-refractivity contribution in [1.82, 2.24) is 0 Å². The fourth-order valence-corrected chi connectivity index (χ4v) is 3.82. The topological polar surface area (TPSA) is 107 Å². The second-order valence-electron chi connectivity index (χ2n) is 8.71. The minimum absolute atomic E-state index is 0.0625. The molecule has 0 aliphatic rings. The Labute approximate surface area is 227 Å². The van der Waals surface area contributed by atoms with Gasteiger partial charge in [-0.05, 0) is 43.3 Å². The summed E-state index contributed by atoms with van der Waals surface area (Å²) in [5.74, 6) is -0.647. The van der Waals surface area contributed by atoms with Crippen LogP contribution in [0.2, 0.25) is 0 Å². The van der Waals surface area contributed by atoms with E-state index >= 15 is 0 Å². The monoisotopic (exact) mass is 536 g/mol. The normalized spacial score (nSPS) is 10.8. The molecule has 0 radical (unpaired) electrons. The molecular weight excluding hydrogens is 504 g/mol. The van der Waals surface area contributed by atoms with Crippen molar-refractivity contribution in [3.05, 3.63) is 89.5 Å². The highest BCUT2D eigenvalue weighted by Gasteiger charge is 2.32. The molecule has 9 nitrogen and oxygen atoms in total. The summed E-state index contributed by atoms with van der Waals surface area (Å²) in [5.41, 5.74) is -0.361. The van der Waals surface area contributed by atoms with Gasteiger partial charge in [0.25, 0.3) is 0 Å². The molecule has 0 fully saturated rings. The number of ether oxygens (including phenoxy) is 6. The van der Waals surface area contributed by atoms with Crippen molar-refractivity contribution >= 4 is 17.9 Å². The van der Waals surface area contributed by atoms with E-state index in [4.69, 9.17) is 28.4 Å². The van der Waals surface area contributed by atoms with Crippen molar-refractivity contribution in [3.8, 4) is 17.2 Å². The van der Waals surface area contributed by atoms with Crippen molar-refractivity contribution in [2.45, 2.75) is 25.4 Å². The second kappa shape index (κ2) is 13.9. The maximum absolute atomic E-state index is 13.1. The van der Waals surface area contributed by atoms with Gasteiger partial charge in [-0.15, -0.1) is 0 Å². The van der Waals surface area contributed by atoms with Crippen LogP contribution < -0.4 is 14.2 Å². The zero-order chi connectivity index (χ0) is 28.3. The molecule has 0 aliphatic carbocycles. The van der Waals surface area contributed by atoms with E-state index in [0.29, 0.717) is 17.2 Å². The number of para-hydroxylation sites is 3. The molecule has 0 unspecified atom stereocenters. The molecule has 0 saturated carbocycles. The standard InChI is InChI=1S/C30H32O9/c1-30(39-29(33)23-13-7-10-16-26(23)36-4,17-19-37-27(31)21-11-5-8-14-24(21)34-2)18-20-38-28(32)22-12-6-9-15-25(22)35-3/h5-16H,17-20H2,1-4H3. The lowest BCUT2D eigenvalue weighted by Gasteiger charge is -2.29. The molecule has 0 aliphatic heterocycles. The first-order chi connectivity index (χ1) is 18.8. The number of benzene rings is 3. The van der Waals surface area contributed by atoms with Gasteiger partial charge in [0.15, 0.2) is 0 Å². The molecule has 0 amide bonds. The van der Waals surface area contributed by atoms with E-state index in [1.54, 1.807) is 79.7 Å². The van der Waals surface area contributed by atoms with Gasteiger partial charge in [0.1, 0.15) is 39.5 Å². The fraction of sp³-hybridized carbons (Fsp3) is 0.300. The van der Waals surface area contributed by atoms with Crippen molar-refractivity contribution in [2.24, 2.45) is 0 Å². The van der Waals surface area contributed by atoms with Gasteiger partial charge >= 0.3 is 17.9 Å². The van der Waals surface area contributed by atoms with Crippen LogP contribution in [0.3, 0.4) is 0 Å². The zero-order valence-electron chi connectivity index (χ0n) is 22.4. The Kier molecular flexibility index (Phi) is 10.3. The van der Waals surface area contributed by atoms with Crippen LogP contribution in [0.25, 0.3) is 0 Å². The van der Waals surface area contributed by atoms with Gasteiger partial charge in [0.2, 0.25) is 0 Å². The fourth-order valence-electron chi connectivity index (χ4n) is 3.82. The van der Waals surface area contributed by atoms with Crippen LogP contribution >= 0.6 is 0 Å². The molecule has 0 bridgehead atoms. The summed E-state index contributed by atoms with van der Waals surface area (Å²) >= 11 is 0. The Morgan fingerprint density at radius 2 is 0.897 bits per heavy atom. The summed E-state index contributed by atoms with van der Waals surface area (Å²) in [6.45, 7) is 1.56. The molecule has 3 aromatic rings. The predicted molar refractivity (Wildman–Crippen MR) is 143 cm³/mol. The maximum atomic E-state index is 13.1. The molecule has 0 heterocycles. The highest BCUT2D eigenvalue weighted by Crippen LogP contribution is 2.27. The van der Waals surface area contributed by atoms with Crippen molar-refractivity contribution in [3.63, 3.8) is 0 Å². The Morgan fingerprint density at radius 1 is 0.564 bits per heavy atom. The molecule has 0 spiro atoms. The van der Waals surface area contributed by atoms with E-state index < -0.39 is 23.5 Å². The van der Waals surface area contributed by atoms with Gasteiger partial charge in [-0.2, -0.15) is 0 Å². The first-order valence-electron chi connectivity index (χ1n) is 12.3. The lowest BCUT2D eigenvalue weighted by atomic mass is 9.98. The van der Waals surface area contributed by atoms with Gasteiger partial charge in [-0.25, -0.2) is 14.4 Å². The summed E-state index contributed by atoms with van der Waals surface area (Å²) in [7, 11) is 4.39. The zero-order valence-corrected chi connectivity index (χ0v) is 22.4.